The van der Waals surface area contributed by atoms with Gasteiger partial charge in [0.1, 0.15) is 17.5 Å². The summed E-state index contributed by atoms with van der Waals surface area (Å²) in [6.45, 7) is 5.09. The zero-order valence-electron chi connectivity index (χ0n) is 11.6. The van der Waals surface area contributed by atoms with Crippen molar-refractivity contribution in [2.75, 3.05) is 5.73 Å². The Morgan fingerprint density at radius 1 is 1.65 bits per heavy atom. The maximum absolute atomic E-state index is 11.5. The van der Waals surface area contributed by atoms with E-state index in [2.05, 4.69) is 10.3 Å². The van der Waals surface area contributed by atoms with Crippen LogP contribution < -0.4 is 16.7 Å². The molecule has 0 fully saturated rings. The van der Waals surface area contributed by atoms with Crippen molar-refractivity contribution in [3.05, 3.63) is 22.7 Å². The molecule has 1 aromatic rings. The van der Waals surface area contributed by atoms with Gasteiger partial charge in [-0.25, -0.2) is 9.59 Å². The largest absolute Gasteiger partial charge is 0.444 e. The zero-order chi connectivity index (χ0) is 15.3. The number of hydrogen-bond acceptors (Lipinski definition) is 6. The van der Waals surface area contributed by atoms with Crippen molar-refractivity contribution in [1.82, 2.24) is 14.9 Å². The number of hydrogen-bond donors (Lipinski definition) is 2. The minimum atomic E-state index is -0.909. The van der Waals surface area contributed by atoms with Crippen molar-refractivity contribution in [2.45, 2.75) is 39.0 Å². The lowest BCUT2D eigenvalue weighted by atomic mass is 10.2. The molecule has 1 heterocycles. The first kappa shape index (κ1) is 15.5. The van der Waals surface area contributed by atoms with E-state index in [1.807, 2.05) is 6.07 Å². The summed E-state index contributed by atoms with van der Waals surface area (Å²) in [5.74, 6) is 0.0971. The number of nitriles is 1. The number of nitrogens with zero attached hydrogens (tertiary/aromatic N) is 3. The molecule has 0 aliphatic heterocycles. The van der Waals surface area contributed by atoms with Crippen LogP contribution in [0.15, 0.2) is 17.1 Å². The van der Waals surface area contributed by atoms with E-state index in [4.69, 9.17) is 15.7 Å². The molecule has 0 aliphatic carbocycles. The zero-order valence-corrected chi connectivity index (χ0v) is 11.6. The number of nitrogens with one attached hydrogen (secondary N) is 1. The molecule has 108 valence electrons. The topological polar surface area (TPSA) is 123 Å². The van der Waals surface area contributed by atoms with Crippen LogP contribution in [-0.4, -0.2) is 27.3 Å². The first-order valence-electron chi connectivity index (χ1n) is 5.93. The molecule has 1 aromatic heterocycles. The molecule has 8 heteroatoms. The predicted molar refractivity (Wildman–Crippen MR) is 71.7 cm³/mol. The van der Waals surface area contributed by atoms with Gasteiger partial charge in [0.05, 0.1) is 12.6 Å². The van der Waals surface area contributed by atoms with E-state index in [-0.39, 0.29) is 12.4 Å². The molecule has 20 heavy (non-hydrogen) atoms. The van der Waals surface area contributed by atoms with Crippen molar-refractivity contribution in [1.29, 1.82) is 5.26 Å². The highest BCUT2D eigenvalue weighted by Crippen LogP contribution is 2.06. The Kier molecular flexibility index (Phi) is 4.69. The first-order valence-corrected chi connectivity index (χ1v) is 5.93. The first-order chi connectivity index (χ1) is 9.21. The molecule has 8 nitrogen and oxygen atoms in total. The van der Waals surface area contributed by atoms with Crippen LogP contribution in [0.2, 0.25) is 0 Å². The van der Waals surface area contributed by atoms with Crippen molar-refractivity contribution in [3.8, 4) is 6.07 Å². The average molecular weight is 279 g/mol. The number of carbonyl (C=O) groups excluding carboxylic acids is 1. The molecule has 0 aliphatic rings. The Hall–Kier alpha value is -2.56. The summed E-state index contributed by atoms with van der Waals surface area (Å²) in [7, 11) is 0. The number of nitrogens with two attached hydrogens (primary N) is 1. The number of ether oxygens (including phenoxy) is 1. The number of amides is 1. The van der Waals surface area contributed by atoms with Gasteiger partial charge in [0.2, 0.25) is 0 Å². The minimum Gasteiger partial charge on any atom is -0.444 e. The van der Waals surface area contributed by atoms with Gasteiger partial charge in [-0.2, -0.15) is 10.2 Å². The Morgan fingerprint density at radius 2 is 2.30 bits per heavy atom. The Morgan fingerprint density at radius 3 is 2.80 bits per heavy atom. The van der Waals surface area contributed by atoms with E-state index in [1.165, 1.54) is 16.8 Å². The highest BCUT2D eigenvalue weighted by molar-refractivity contribution is 5.68. The molecule has 0 saturated heterocycles. The van der Waals surface area contributed by atoms with E-state index < -0.39 is 23.4 Å². The molecular formula is C12H17N5O3. The standard InChI is InChI=1S/C12H17N5O3/c1-12(2,3)20-11(19)15-8(6-13)7-17-5-4-9(14)16-10(17)18/h4-5,8H,7H2,1-3H3,(H,15,19)(H2,14,16,18). The normalized spacial score (nSPS) is 12.3. The van der Waals surface area contributed by atoms with Crippen LogP contribution in [0.5, 0.6) is 0 Å². The summed E-state index contributed by atoms with van der Waals surface area (Å²) < 4.78 is 6.22. The van der Waals surface area contributed by atoms with Crippen LogP contribution in [0.1, 0.15) is 20.8 Å². The number of aromatic nitrogens is 2. The molecule has 1 unspecified atom stereocenters. The molecule has 1 amide bonds. The number of carbonyl (C=O) groups is 1. The van der Waals surface area contributed by atoms with Crippen LogP contribution >= 0.6 is 0 Å². The lowest BCUT2D eigenvalue weighted by Crippen LogP contribution is -2.42. The minimum absolute atomic E-state index is 0.0398. The van der Waals surface area contributed by atoms with Gasteiger partial charge >= 0.3 is 11.8 Å². The SMILES string of the molecule is CC(C)(C)OC(=O)NC(C#N)Cn1ccc(N)nc1=O. The quantitative estimate of drug-likeness (QED) is 0.817. The monoisotopic (exact) mass is 279 g/mol. The highest BCUT2D eigenvalue weighted by atomic mass is 16.6. The van der Waals surface area contributed by atoms with Gasteiger partial charge in [0, 0.05) is 6.20 Å². The summed E-state index contributed by atoms with van der Waals surface area (Å²) in [4.78, 5) is 26.6. The van der Waals surface area contributed by atoms with E-state index in [0.717, 1.165) is 0 Å². The second-order valence-corrected chi connectivity index (χ2v) is 5.12. The summed E-state index contributed by atoms with van der Waals surface area (Å²) in [6, 6.07) is 2.40. The fourth-order valence-corrected chi connectivity index (χ4v) is 1.35. The van der Waals surface area contributed by atoms with E-state index >= 15 is 0 Å². The molecule has 1 rings (SSSR count). The molecule has 0 spiro atoms. The van der Waals surface area contributed by atoms with Gasteiger partial charge in [0.25, 0.3) is 0 Å². The Balaban J connectivity index is 2.71. The number of alkyl carbamates (subject to hydrolysis) is 1. The van der Waals surface area contributed by atoms with Crippen LogP contribution in [-0.2, 0) is 11.3 Å². The van der Waals surface area contributed by atoms with Gasteiger partial charge in [-0.05, 0) is 26.8 Å². The third-order valence-corrected chi connectivity index (χ3v) is 2.12. The average Bonchev–Trinajstić information content (AvgIpc) is 2.29. The highest BCUT2D eigenvalue weighted by Gasteiger charge is 2.19. The van der Waals surface area contributed by atoms with Crippen LogP contribution in [0, 0.1) is 11.3 Å². The number of nitrogen functional groups attached to an aromatic ring is 1. The number of rotatable bonds is 3. The summed E-state index contributed by atoms with van der Waals surface area (Å²) in [5, 5.41) is 11.4. The lowest BCUT2D eigenvalue weighted by molar-refractivity contribution is 0.0512. The molecule has 3 N–H and O–H groups in total. The van der Waals surface area contributed by atoms with Gasteiger partial charge in [-0.3, -0.25) is 4.57 Å². The molecule has 0 aromatic carbocycles. The van der Waals surface area contributed by atoms with Crippen molar-refractivity contribution in [2.24, 2.45) is 0 Å². The second kappa shape index (κ2) is 6.06. The Bertz CT molecular complexity index is 582. The summed E-state index contributed by atoms with van der Waals surface area (Å²) in [6.07, 6.45) is 0.687. The fraction of sp³-hybridized carbons (Fsp3) is 0.500. The molecule has 0 saturated carbocycles. The number of anilines is 1. The van der Waals surface area contributed by atoms with E-state index in [0.29, 0.717) is 0 Å². The lowest BCUT2D eigenvalue weighted by Gasteiger charge is -2.21. The maximum Gasteiger partial charge on any atom is 0.408 e. The van der Waals surface area contributed by atoms with Crippen molar-refractivity contribution >= 4 is 11.9 Å². The van der Waals surface area contributed by atoms with Gasteiger partial charge in [-0.15, -0.1) is 0 Å². The maximum atomic E-state index is 11.5. The van der Waals surface area contributed by atoms with Gasteiger partial charge in [-0.1, -0.05) is 0 Å². The van der Waals surface area contributed by atoms with Crippen molar-refractivity contribution < 1.29 is 9.53 Å². The molecular weight excluding hydrogens is 262 g/mol. The smallest absolute Gasteiger partial charge is 0.408 e. The molecule has 0 radical (unpaired) electrons. The Labute approximate surface area is 116 Å². The van der Waals surface area contributed by atoms with Crippen LogP contribution in [0.4, 0.5) is 10.6 Å². The molecule has 0 bridgehead atoms. The summed E-state index contributed by atoms with van der Waals surface area (Å²) in [5.41, 5.74) is 4.11. The third-order valence-electron chi connectivity index (χ3n) is 2.12. The third kappa shape index (κ3) is 4.97. The summed E-state index contributed by atoms with van der Waals surface area (Å²) >= 11 is 0. The van der Waals surface area contributed by atoms with E-state index in [1.54, 1.807) is 20.8 Å². The van der Waals surface area contributed by atoms with Crippen molar-refractivity contribution in [3.63, 3.8) is 0 Å². The van der Waals surface area contributed by atoms with Gasteiger partial charge < -0.3 is 15.8 Å². The van der Waals surface area contributed by atoms with E-state index in [9.17, 15) is 9.59 Å². The van der Waals surface area contributed by atoms with Gasteiger partial charge in [0.15, 0.2) is 0 Å². The van der Waals surface area contributed by atoms with Crippen LogP contribution in [0.3, 0.4) is 0 Å². The predicted octanol–water partition coefficient (Wildman–Crippen LogP) is 0.242. The van der Waals surface area contributed by atoms with Crippen LogP contribution in [0.25, 0.3) is 0 Å². The molecule has 1 atom stereocenters. The fourth-order valence-electron chi connectivity index (χ4n) is 1.35. The second-order valence-electron chi connectivity index (χ2n) is 5.12.